The lowest BCUT2D eigenvalue weighted by atomic mass is 10.0. The Balaban J connectivity index is 4.16. The number of nitrogens with zero attached hydrogens (tertiary/aromatic N) is 1. The van der Waals surface area contributed by atoms with Gasteiger partial charge >= 0.3 is 7.82 Å². The molecule has 0 bridgehead atoms. The van der Waals surface area contributed by atoms with Crippen LogP contribution in [0.5, 0.6) is 0 Å². The molecular formula is C68H126N2O6P+. The second-order valence-corrected chi connectivity index (χ2v) is 24.5. The van der Waals surface area contributed by atoms with E-state index in [4.69, 9.17) is 9.05 Å². The Morgan fingerprint density at radius 2 is 0.792 bits per heavy atom. The lowest BCUT2D eigenvalue weighted by Gasteiger charge is -2.25. The topological polar surface area (TPSA) is 105 Å². The van der Waals surface area contributed by atoms with E-state index in [1.807, 2.05) is 27.2 Å². The highest BCUT2D eigenvalue weighted by Crippen LogP contribution is 2.43. The van der Waals surface area contributed by atoms with Crippen molar-refractivity contribution in [3.63, 3.8) is 0 Å². The van der Waals surface area contributed by atoms with Gasteiger partial charge in [0.15, 0.2) is 0 Å². The van der Waals surface area contributed by atoms with Gasteiger partial charge in [-0.05, 0) is 83.5 Å². The van der Waals surface area contributed by atoms with E-state index in [0.29, 0.717) is 17.4 Å². The Morgan fingerprint density at radius 3 is 1.19 bits per heavy atom. The van der Waals surface area contributed by atoms with Crippen LogP contribution < -0.4 is 5.32 Å². The number of carbonyl (C=O) groups is 1. The summed E-state index contributed by atoms with van der Waals surface area (Å²) in [6, 6.07) is -0.874. The molecule has 0 rings (SSSR count). The van der Waals surface area contributed by atoms with Crippen molar-refractivity contribution in [2.75, 3.05) is 40.9 Å². The summed E-state index contributed by atoms with van der Waals surface area (Å²) in [7, 11) is 1.55. The Kier molecular flexibility index (Phi) is 56.6. The molecule has 0 saturated heterocycles. The van der Waals surface area contributed by atoms with Crippen LogP contribution in [0.2, 0.25) is 0 Å². The van der Waals surface area contributed by atoms with Crippen molar-refractivity contribution in [1.82, 2.24) is 5.32 Å². The third-order valence-electron chi connectivity index (χ3n) is 14.3. The van der Waals surface area contributed by atoms with Crippen LogP contribution in [0.15, 0.2) is 85.1 Å². The predicted octanol–water partition coefficient (Wildman–Crippen LogP) is 20.4. The van der Waals surface area contributed by atoms with E-state index in [9.17, 15) is 19.4 Å². The molecule has 0 saturated carbocycles. The van der Waals surface area contributed by atoms with Crippen LogP contribution in [0, 0.1) is 0 Å². The number of carbonyl (C=O) groups excluding carboxylic acids is 1. The second kappa shape index (κ2) is 58.3. The van der Waals surface area contributed by atoms with Crippen LogP contribution >= 0.6 is 7.82 Å². The summed E-state index contributed by atoms with van der Waals surface area (Å²) in [4.78, 5) is 23.4. The lowest BCUT2D eigenvalue weighted by Crippen LogP contribution is -2.45. The highest BCUT2D eigenvalue weighted by atomic mass is 31.2. The zero-order valence-electron chi connectivity index (χ0n) is 51.2. The Morgan fingerprint density at radius 1 is 0.455 bits per heavy atom. The maximum Gasteiger partial charge on any atom is 0.472 e. The van der Waals surface area contributed by atoms with Gasteiger partial charge in [-0.2, -0.15) is 0 Å². The van der Waals surface area contributed by atoms with Crippen molar-refractivity contribution in [1.29, 1.82) is 0 Å². The summed E-state index contributed by atoms with van der Waals surface area (Å²) in [6.07, 6.45) is 82.9. The number of phosphoric acid groups is 1. The van der Waals surface area contributed by atoms with Crippen molar-refractivity contribution in [2.24, 2.45) is 0 Å². The minimum absolute atomic E-state index is 0.0518. The zero-order chi connectivity index (χ0) is 56.3. The summed E-state index contributed by atoms with van der Waals surface area (Å²) < 4.78 is 23.8. The van der Waals surface area contributed by atoms with Crippen LogP contribution in [0.3, 0.4) is 0 Å². The summed E-state index contributed by atoms with van der Waals surface area (Å²) in [6.45, 7) is 4.70. The summed E-state index contributed by atoms with van der Waals surface area (Å²) in [5.74, 6) is -0.189. The van der Waals surface area contributed by atoms with E-state index in [-0.39, 0.29) is 19.1 Å². The number of nitrogens with one attached hydrogen (secondary N) is 1. The van der Waals surface area contributed by atoms with Crippen molar-refractivity contribution in [3.8, 4) is 0 Å². The zero-order valence-corrected chi connectivity index (χ0v) is 52.1. The minimum Gasteiger partial charge on any atom is -0.387 e. The second-order valence-electron chi connectivity index (χ2n) is 23.1. The number of rotatable bonds is 59. The first kappa shape index (κ1) is 74.7. The standard InChI is InChI=1S/C68H125N2O6P/c1-6-8-10-12-14-16-18-20-22-24-26-28-30-32-33-34-35-36-37-38-40-42-44-46-48-50-52-54-56-58-60-62-68(72)69-66(65-76-77(73,74)75-64-63-70(3,4)5)67(71)61-59-57-55-53-51-49-47-45-43-41-39-31-29-27-25-23-21-19-17-15-13-11-9-7-2/h8,10,14,16,20,22,26,28,43,45,51,53,59,61,66-67,71H,6-7,9,11-13,15,17-19,21,23-25,27,29-42,44,46-50,52,54-58,60,62-65H2,1-5H3,(H-,69,72,73,74)/p+1/b10-8-,16-14-,22-20-,28-26-,45-43+,53-51+,61-59+. The number of likely N-dealkylation sites (N-methyl/N-ethyl adjacent to an activating group) is 1. The first-order valence-corrected chi connectivity index (χ1v) is 34.0. The molecule has 448 valence electrons. The minimum atomic E-state index is -4.37. The number of aliphatic hydroxyl groups excluding tert-OH is 1. The number of quaternary nitrogens is 1. The van der Waals surface area contributed by atoms with Crippen molar-refractivity contribution >= 4 is 13.7 Å². The quantitative estimate of drug-likeness (QED) is 0.0243. The third-order valence-corrected chi connectivity index (χ3v) is 15.3. The maximum absolute atomic E-state index is 13.0. The summed E-state index contributed by atoms with van der Waals surface area (Å²) in [5, 5.41) is 14.0. The monoisotopic (exact) mass is 1100 g/mol. The van der Waals surface area contributed by atoms with Crippen LogP contribution in [-0.2, 0) is 18.4 Å². The highest BCUT2D eigenvalue weighted by Gasteiger charge is 2.27. The van der Waals surface area contributed by atoms with E-state index >= 15 is 0 Å². The number of phosphoric ester groups is 1. The molecule has 1 amide bonds. The van der Waals surface area contributed by atoms with Crippen LogP contribution in [0.25, 0.3) is 0 Å². The fourth-order valence-electron chi connectivity index (χ4n) is 9.30. The molecular weight excluding hydrogens is 972 g/mol. The maximum atomic E-state index is 13.0. The van der Waals surface area contributed by atoms with Gasteiger partial charge in [-0.25, -0.2) is 4.57 Å². The molecule has 0 heterocycles. The van der Waals surface area contributed by atoms with Crippen LogP contribution in [-0.4, -0.2) is 73.4 Å². The average Bonchev–Trinajstić information content (AvgIpc) is 3.39. The highest BCUT2D eigenvalue weighted by molar-refractivity contribution is 7.47. The average molecular weight is 1100 g/mol. The predicted molar refractivity (Wildman–Crippen MR) is 336 cm³/mol. The van der Waals surface area contributed by atoms with Gasteiger partial charge in [0.25, 0.3) is 0 Å². The molecule has 0 aliphatic carbocycles. The number of hydrogen-bond acceptors (Lipinski definition) is 5. The number of aliphatic hydroxyl groups is 1. The SMILES string of the molecule is CC/C=C\C/C=C\C/C=C\C/C=C\CCCCCCCCCCCCCCCCCCCCC(=O)NC(COP(=O)(O)OCC[N+](C)(C)C)C(O)/C=C/CC/C=C/CC/C=C/CCCCCCCCCCCCCCCC. The number of unbranched alkanes of at least 4 members (excludes halogenated alkanes) is 34. The van der Waals surface area contributed by atoms with Gasteiger partial charge in [-0.15, -0.1) is 0 Å². The molecule has 3 N–H and O–H groups in total. The van der Waals surface area contributed by atoms with Gasteiger partial charge in [0.05, 0.1) is 39.9 Å². The largest absolute Gasteiger partial charge is 0.472 e. The summed E-state index contributed by atoms with van der Waals surface area (Å²) in [5.41, 5.74) is 0. The smallest absolute Gasteiger partial charge is 0.387 e. The van der Waals surface area contributed by atoms with Gasteiger partial charge in [-0.1, -0.05) is 285 Å². The van der Waals surface area contributed by atoms with Gasteiger partial charge in [0.1, 0.15) is 13.2 Å². The molecule has 77 heavy (non-hydrogen) atoms. The first-order valence-electron chi connectivity index (χ1n) is 32.5. The van der Waals surface area contributed by atoms with Gasteiger partial charge in [0.2, 0.25) is 5.91 Å². The van der Waals surface area contributed by atoms with Crippen molar-refractivity contribution in [3.05, 3.63) is 85.1 Å². The van der Waals surface area contributed by atoms with E-state index in [1.165, 1.54) is 199 Å². The van der Waals surface area contributed by atoms with E-state index in [1.54, 1.807) is 6.08 Å². The molecule has 0 radical (unpaired) electrons. The Hall–Kier alpha value is -2.32. The van der Waals surface area contributed by atoms with E-state index < -0.39 is 20.0 Å². The van der Waals surface area contributed by atoms with Crippen LogP contribution in [0.1, 0.15) is 290 Å². The molecule has 0 aromatic carbocycles. The molecule has 0 aromatic heterocycles. The molecule has 8 nitrogen and oxygen atoms in total. The Labute approximate surface area is 477 Å². The first-order chi connectivity index (χ1) is 37.5. The van der Waals surface area contributed by atoms with Gasteiger partial charge in [-0.3, -0.25) is 13.8 Å². The van der Waals surface area contributed by atoms with Crippen molar-refractivity contribution in [2.45, 2.75) is 302 Å². The molecule has 0 spiro atoms. The molecule has 9 heteroatoms. The number of hydrogen-bond donors (Lipinski definition) is 3. The normalized spacial score (nSPS) is 14.3. The number of amides is 1. The fraction of sp³-hybridized carbons (Fsp3) is 0.779. The lowest BCUT2D eigenvalue weighted by molar-refractivity contribution is -0.870. The molecule has 0 aliphatic heterocycles. The summed E-state index contributed by atoms with van der Waals surface area (Å²) >= 11 is 0. The van der Waals surface area contributed by atoms with E-state index in [0.717, 1.165) is 70.6 Å². The molecule has 3 unspecified atom stereocenters. The molecule has 0 fully saturated rings. The van der Waals surface area contributed by atoms with Crippen molar-refractivity contribution < 1.29 is 32.9 Å². The van der Waals surface area contributed by atoms with E-state index in [2.05, 4.69) is 92.1 Å². The van der Waals surface area contributed by atoms with Gasteiger partial charge in [0, 0.05) is 6.42 Å². The number of allylic oxidation sites excluding steroid dienone is 13. The van der Waals surface area contributed by atoms with Crippen LogP contribution in [0.4, 0.5) is 0 Å². The third kappa shape index (κ3) is 61.2. The molecule has 0 aromatic rings. The Bertz CT molecular complexity index is 1530. The molecule has 0 aliphatic rings. The fourth-order valence-corrected chi connectivity index (χ4v) is 10.0. The van der Waals surface area contributed by atoms with Gasteiger partial charge < -0.3 is 19.8 Å². The molecule has 3 atom stereocenters.